The van der Waals surface area contributed by atoms with Crippen LogP contribution in [-0.4, -0.2) is 16.7 Å². The van der Waals surface area contributed by atoms with Gasteiger partial charge in [-0.2, -0.15) is 0 Å². The Balaban J connectivity index is 1.85. The zero-order valence-corrected chi connectivity index (χ0v) is 15.2. The van der Waals surface area contributed by atoms with Gasteiger partial charge in [0.25, 0.3) is 17.5 Å². The standard InChI is InChI=1S/C21H17N3O5/c25-20(16-7-2-1-3-8-16)23-19(21(26)22-14-18-10-5-11-29-18)13-15-6-4-9-17(12-15)24(27)28/h1-13H,14H2,(H,22,26)(H,23,25)/b19-13+. The molecule has 1 heterocycles. The first-order valence-corrected chi connectivity index (χ1v) is 8.66. The van der Waals surface area contributed by atoms with Crippen LogP contribution in [0.2, 0.25) is 0 Å². The monoisotopic (exact) mass is 391 g/mol. The molecule has 2 amide bonds. The molecule has 0 atom stereocenters. The first kappa shape index (κ1) is 19.6. The largest absolute Gasteiger partial charge is 0.467 e. The lowest BCUT2D eigenvalue weighted by molar-refractivity contribution is -0.384. The molecular formula is C21H17N3O5. The van der Waals surface area contributed by atoms with Crippen LogP contribution in [0.15, 0.2) is 83.1 Å². The maximum absolute atomic E-state index is 12.7. The van der Waals surface area contributed by atoms with E-state index in [4.69, 9.17) is 4.42 Å². The van der Waals surface area contributed by atoms with Crippen LogP contribution >= 0.6 is 0 Å². The summed E-state index contributed by atoms with van der Waals surface area (Å²) < 4.78 is 5.18. The van der Waals surface area contributed by atoms with E-state index in [1.165, 1.54) is 30.5 Å². The lowest BCUT2D eigenvalue weighted by atomic mass is 10.1. The normalized spacial score (nSPS) is 11.0. The molecule has 0 aliphatic rings. The Kier molecular flexibility index (Phi) is 6.16. The second-order valence-corrected chi connectivity index (χ2v) is 5.99. The van der Waals surface area contributed by atoms with E-state index >= 15 is 0 Å². The number of hydrogen-bond acceptors (Lipinski definition) is 5. The van der Waals surface area contributed by atoms with Crippen molar-refractivity contribution in [3.8, 4) is 0 Å². The SMILES string of the molecule is O=C(NCc1ccco1)/C(=C\c1cccc([N+](=O)[O-])c1)NC(=O)c1ccccc1. The van der Waals surface area contributed by atoms with Crippen LogP contribution < -0.4 is 10.6 Å². The van der Waals surface area contributed by atoms with E-state index < -0.39 is 16.7 Å². The van der Waals surface area contributed by atoms with Gasteiger partial charge in [-0.15, -0.1) is 0 Å². The molecule has 0 spiro atoms. The van der Waals surface area contributed by atoms with Gasteiger partial charge in [-0.3, -0.25) is 19.7 Å². The highest BCUT2D eigenvalue weighted by Crippen LogP contribution is 2.16. The maximum Gasteiger partial charge on any atom is 0.270 e. The van der Waals surface area contributed by atoms with Gasteiger partial charge in [-0.05, 0) is 35.9 Å². The molecular weight excluding hydrogens is 374 g/mol. The van der Waals surface area contributed by atoms with Gasteiger partial charge in [-0.25, -0.2) is 0 Å². The van der Waals surface area contributed by atoms with Crippen LogP contribution in [0.3, 0.4) is 0 Å². The van der Waals surface area contributed by atoms with Gasteiger partial charge in [0.1, 0.15) is 11.5 Å². The van der Waals surface area contributed by atoms with Gasteiger partial charge in [0.2, 0.25) is 0 Å². The number of nitro benzene ring substituents is 1. The van der Waals surface area contributed by atoms with E-state index in [9.17, 15) is 19.7 Å². The second-order valence-electron chi connectivity index (χ2n) is 5.99. The summed E-state index contributed by atoms with van der Waals surface area (Å²) in [5.41, 5.74) is 0.598. The summed E-state index contributed by atoms with van der Waals surface area (Å²) in [6.07, 6.45) is 2.86. The first-order valence-electron chi connectivity index (χ1n) is 8.66. The van der Waals surface area contributed by atoms with Gasteiger partial charge < -0.3 is 15.1 Å². The van der Waals surface area contributed by atoms with Crippen molar-refractivity contribution in [3.05, 3.63) is 106 Å². The number of carbonyl (C=O) groups excluding carboxylic acids is 2. The van der Waals surface area contributed by atoms with Crippen LogP contribution in [0.1, 0.15) is 21.7 Å². The molecule has 0 saturated carbocycles. The summed E-state index contributed by atoms with van der Waals surface area (Å²) in [4.78, 5) is 35.6. The van der Waals surface area contributed by atoms with E-state index in [1.807, 2.05) is 0 Å². The van der Waals surface area contributed by atoms with Crippen molar-refractivity contribution >= 4 is 23.6 Å². The highest BCUT2D eigenvalue weighted by Gasteiger charge is 2.15. The number of carbonyl (C=O) groups is 2. The average Bonchev–Trinajstić information content (AvgIpc) is 3.26. The number of hydrogen-bond donors (Lipinski definition) is 2. The zero-order chi connectivity index (χ0) is 20.6. The Hall–Kier alpha value is -4.20. The molecule has 0 aliphatic heterocycles. The smallest absolute Gasteiger partial charge is 0.270 e. The number of rotatable bonds is 7. The predicted octanol–water partition coefficient (Wildman–Crippen LogP) is 3.28. The lowest BCUT2D eigenvalue weighted by Gasteiger charge is -2.11. The number of nitro groups is 1. The average molecular weight is 391 g/mol. The Morgan fingerprint density at radius 2 is 1.83 bits per heavy atom. The van der Waals surface area contributed by atoms with Gasteiger partial charge >= 0.3 is 0 Å². The second kappa shape index (κ2) is 9.14. The molecule has 2 N–H and O–H groups in total. The molecule has 0 fully saturated rings. The molecule has 0 unspecified atom stereocenters. The van der Waals surface area contributed by atoms with Crippen molar-refractivity contribution in [2.75, 3.05) is 0 Å². The van der Waals surface area contributed by atoms with Gasteiger partial charge in [0.05, 0.1) is 17.7 Å². The summed E-state index contributed by atoms with van der Waals surface area (Å²) >= 11 is 0. The van der Waals surface area contributed by atoms with Gasteiger partial charge in [0.15, 0.2) is 0 Å². The molecule has 0 aliphatic carbocycles. The van der Waals surface area contributed by atoms with Crippen LogP contribution in [-0.2, 0) is 11.3 Å². The molecule has 1 aromatic heterocycles. The van der Waals surface area contributed by atoms with Crippen molar-refractivity contribution < 1.29 is 18.9 Å². The van der Waals surface area contributed by atoms with Crippen LogP contribution in [0, 0.1) is 10.1 Å². The highest BCUT2D eigenvalue weighted by molar-refractivity contribution is 6.05. The van der Waals surface area contributed by atoms with Crippen LogP contribution in [0.4, 0.5) is 5.69 Å². The third kappa shape index (κ3) is 5.39. The molecule has 0 saturated heterocycles. The molecule has 8 nitrogen and oxygen atoms in total. The Morgan fingerprint density at radius 1 is 1.03 bits per heavy atom. The van der Waals surface area contributed by atoms with E-state index in [-0.39, 0.29) is 17.9 Å². The topological polar surface area (TPSA) is 114 Å². The van der Waals surface area contributed by atoms with Gasteiger partial charge in [0, 0.05) is 17.7 Å². The third-order valence-electron chi connectivity index (χ3n) is 3.92. The Morgan fingerprint density at radius 3 is 2.52 bits per heavy atom. The van der Waals surface area contributed by atoms with Crippen molar-refractivity contribution in [2.24, 2.45) is 0 Å². The fraction of sp³-hybridized carbons (Fsp3) is 0.0476. The Bertz CT molecular complexity index is 1040. The van der Waals surface area contributed by atoms with E-state index in [0.717, 1.165) is 0 Å². The van der Waals surface area contributed by atoms with Gasteiger partial charge in [-0.1, -0.05) is 30.3 Å². The number of furan rings is 1. The lowest BCUT2D eigenvalue weighted by Crippen LogP contribution is -2.34. The number of non-ortho nitro benzene ring substituents is 1. The minimum Gasteiger partial charge on any atom is -0.467 e. The number of nitrogens with one attached hydrogen (secondary N) is 2. The summed E-state index contributed by atoms with van der Waals surface area (Å²) in [5, 5.41) is 16.2. The number of amides is 2. The van der Waals surface area contributed by atoms with Crippen LogP contribution in [0.5, 0.6) is 0 Å². The summed E-state index contributed by atoms with van der Waals surface area (Å²) in [7, 11) is 0. The number of nitrogens with zero attached hydrogens (tertiary/aromatic N) is 1. The van der Waals surface area contributed by atoms with Crippen molar-refractivity contribution in [2.45, 2.75) is 6.54 Å². The third-order valence-corrected chi connectivity index (χ3v) is 3.92. The first-order chi connectivity index (χ1) is 14.0. The van der Waals surface area contributed by atoms with E-state index in [1.54, 1.807) is 48.5 Å². The molecule has 0 bridgehead atoms. The van der Waals surface area contributed by atoms with Crippen molar-refractivity contribution in [1.82, 2.24) is 10.6 Å². The number of benzene rings is 2. The molecule has 8 heteroatoms. The molecule has 2 aromatic carbocycles. The fourth-order valence-corrected chi connectivity index (χ4v) is 2.51. The van der Waals surface area contributed by atoms with E-state index in [0.29, 0.717) is 16.9 Å². The molecule has 146 valence electrons. The molecule has 0 radical (unpaired) electrons. The minimum absolute atomic E-state index is 0.0501. The fourth-order valence-electron chi connectivity index (χ4n) is 2.51. The predicted molar refractivity (Wildman–Crippen MR) is 106 cm³/mol. The quantitative estimate of drug-likeness (QED) is 0.364. The zero-order valence-electron chi connectivity index (χ0n) is 15.2. The summed E-state index contributed by atoms with van der Waals surface area (Å²) in [6.45, 7) is 0.124. The molecule has 29 heavy (non-hydrogen) atoms. The van der Waals surface area contributed by atoms with Crippen LogP contribution in [0.25, 0.3) is 6.08 Å². The summed E-state index contributed by atoms with van der Waals surface area (Å²) in [5.74, 6) is -0.491. The van der Waals surface area contributed by atoms with Crippen molar-refractivity contribution in [1.29, 1.82) is 0 Å². The highest BCUT2D eigenvalue weighted by atomic mass is 16.6. The molecule has 3 aromatic rings. The maximum atomic E-state index is 12.7. The van der Waals surface area contributed by atoms with Crippen molar-refractivity contribution in [3.63, 3.8) is 0 Å². The Labute approximate surface area is 166 Å². The minimum atomic E-state index is -0.558. The molecule has 3 rings (SSSR count). The van der Waals surface area contributed by atoms with E-state index in [2.05, 4.69) is 10.6 Å². The summed E-state index contributed by atoms with van der Waals surface area (Å²) in [6, 6.07) is 17.6.